The molecule has 2 aliphatic rings. The van der Waals surface area contributed by atoms with Gasteiger partial charge in [0.25, 0.3) is 5.91 Å². The second-order valence-corrected chi connectivity index (χ2v) is 6.45. The molecule has 2 heterocycles. The number of anilines is 1. The first-order chi connectivity index (χ1) is 13.0. The van der Waals surface area contributed by atoms with Gasteiger partial charge in [-0.1, -0.05) is 18.2 Å². The molecule has 7 nitrogen and oxygen atoms in total. The van der Waals surface area contributed by atoms with Crippen molar-refractivity contribution in [2.45, 2.75) is 19.9 Å². The van der Waals surface area contributed by atoms with Crippen LogP contribution in [-0.4, -0.2) is 18.7 Å². The van der Waals surface area contributed by atoms with Crippen molar-refractivity contribution in [3.8, 4) is 11.5 Å². The molecular weight excluding hydrogens is 346 g/mol. The third-order valence-electron chi connectivity index (χ3n) is 4.62. The van der Waals surface area contributed by atoms with Gasteiger partial charge in [-0.15, -0.1) is 0 Å². The lowest BCUT2D eigenvalue weighted by molar-refractivity contribution is -0.113. The van der Waals surface area contributed by atoms with Crippen LogP contribution in [0.4, 0.5) is 10.5 Å². The van der Waals surface area contributed by atoms with Crippen molar-refractivity contribution < 1.29 is 19.1 Å². The first-order valence-corrected chi connectivity index (χ1v) is 8.58. The molecule has 0 bridgehead atoms. The van der Waals surface area contributed by atoms with Gasteiger partial charge < -0.3 is 25.4 Å². The number of benzene rings is 2. The summed E-state index contributed by atoms with van der Waals surface area (Å²) in [6.45, 7) is 3.79. The van der Waals surface area contributed by atoms with Crippen LogP contribution in [0.15, 0.2) is 53.7 Å². The minimum Gasteiger partial charge on any atom is -0.454 e. The van der Waals surface area contributed by atoms with Crippen molar-refractivity contribution in [3.05, 3.63) is 64.9 Å². The molecule has 2 aromatic rings. The van der Waals surface area contributed by atoms with E-state index in [1.165, 1.54) is 0 Å². The number of amides is 3. The van der Waals surface area contributed by atoms with Crippen LogP contribution in [0.3, 0.4) is 0 Å². The summed E-state index contributed by atoms with van der Waals surface area (Å²) in [5.74, 6) is 0.976. The van der Waals surface area contributed by atoms with E-state index in [0.717, 1.165) is 11.1 Å². The van der Waals surface area contributed by atoms with Gasteiger partial charge in [-0.05, 0) is 49.2 Å². The van der Waals surface area contributed by atoms with E-state index in [4.69, 9.17) is 9.47 Å². The molecule has 1 atom stereocenters. The molecule has 2 aliphatic heterocycles. The van der Waals surface area contributed by atoms with Crippen molar-refractivity contribution >= 4 is 17.6 Å². The number of hydrogen-bond donors (Lipinski definition) is 3. The number of nitrogens with one attached hydrogen (secondary N) is 3. The molecule has 0 spiro atoms. The van der Waals surface area contributed by atoms with Gasteiger partial charge in [0.15, 0.2) is 11.5 Å². The molecule has 0 radical (unpaired) electrons. The molecule has 0 saturated heterocycles. The summed E-state index contributed by atoms with van der Waals surface area (Å²) in [6, 6.07) is 11.9. The first kappa shape index (κ1) is 17.0. The largest absolute Gasteiger partial charge is 0.454 e. The molecule has 3 amide bonds. The van der Waals surface area contributed by atoms with Crippen molar-refractivity contribution in [1.29, 1.82) is 0 Å². The van der Waals surface area contributed by atoms with Gasteiger partial charge in [-0.25, -0.2) is 4.79 Å². The van der Waals surface area contributed by atoms with E-state index in [-0.39, 0.29) is 18.7 Å². The monoisotopic (exact) mass is 365 g/mol. The predicted octanol–water partition coefficient (Wildman–Crippen LogP) is 2.99. The Labute approximate surface area is 156 Å². The Kier molecular flexibility index (Phi) is 4.19. The van der Waals surface area contributed by atoms with Gasteiger partial charge in [0.05, 0.1) is 11.6 Å². The number of allylic oxidation sites excluding steroid dienone is 1. The van der Waals surface area contributed by atoms with Crippen LogP contribution in [-0.2, 0) is 4.79 Å². The number of fused-ring (bicyclic) bond motifs is 1. The lowest BCUT2D eigenvalue weighted by Gasteiger charge is -2.29. The molecule has 0 aliphatic carbocycles. The van der Waals surface area contributed by atoms with Crippen molar-refractivity contribution in [2.75, 3.05) is 12.1 Å². The molecule has 0 unspecified atom stereocenters. The quantitative estimate of drug-likeness (QED) is 0.780. The zero-order valence-corrected chi connectivity index (χ0v) is 15.0. The first-order valence-electron chi connectivity index (χ1n) is 8.58. The summed E-state index contributed by atoms with van der Waals surface area (Å²) in [5.41, 5.74) is 3.31. The van der Waals surface area contributed by atoms with E-state index in [9.17, 15) is 9.59 Å². The van der Waals surface area contributed by atoms with Crippen LogP contribution in [0.25, 0.3) is 0 Å². The van der Waals surface area contributed by atoms with E-state index in [2.05, 4.69) is 16.0 Å². The van der Waals surface area contributed by atoms with Crippen LogP contribution in [0.1, 0.15) is 24.1 Å². The average molecular weight is 365 g/mol. The van der Waals surface area contributed by atoms with Gasteiger partial charge in [-0.2, -0.15) is 0 Å². The molecule has 0 fully saturated rings. The Morgan fingerprint density at radius 3 is 2.56 bits per heavy atom. The van der Waals surface area contributed by atoms with Crippen molar-refractivity contribution in [1.82, 2.24) is 10.6 Å². The van der Waals surface area contributed by atoms with Gasteiger partial charge in [0.2, 0.25) is 6.79 Å². The number of para-hydroxylation sites is 1. The maximum absolute atomic E-state index is 13.0. The molecule has 2 aromatic carbocycles. The van der Waals surface area contributed by atoms with Crippen LogP contribution in [0.2, 0.25) is 0 Å². The minimum atomic E-state index is -0.600. The van der Waals surface area contributed by atoms with Crippen LogP contribution < -0.4 is 25.4 Å². The van der Waals surface area contributed by atoms with Gasteiger partial charge in [-0.3, -0.25) is 4.79 Å². The number of ether oxygens (including phenoxy) is 2. The lowest BCUT2D eigenvalue weighted by atomic mass is 9.91. The Morgan fingerprint density at radius 1 is 1.11 bits per heavy atom. The number of rotatable bonds is 3. The van der Waals surface area contributed by atoms with Gasteiger partial charge >= 0.3 is 6.03 Å². The van der Waals surface area contributed by atoms with Crippen LogP contribution in [0, 0.1) is 6.92 Å². The Hall–Kier alpha value is -3.48. The molecule has 3 N–H and O–H groups in total. The van der Waals surface area contributed by atoms with Gasteiger partial charge in [0, 0.05) is 11.4 Å². The Balaban J connectivity index is 1.73. The summed E-state index contributed by atoms with van der Waals surface area (Å²) in [7, 11) is 0. The fourth-order valence-electron chi connectivity index (χ4n) is 3.32. The third-order valence-corrected chi connectivity index (χ3v) is 4.62. The highest BCUT2D eigenvalue weighted by Crippen LogP contribution is 2.39. The summed E-state index contributed by atoms with van der Waals surface area (Å²) >= 11 is 0. The summed E-state index contributed by atoms with van der Waals surface area (Å²) in [4.78, 5) is 25.1. The molecular formula is C20H19N3O4. The fourth-order valence-corrected chi connectivity index (χ4v) is 3.32. The number of carbonyl (C=O) groups is 2. The van der Waals surface area contributed by atoms with Gasteiger partial charge in [0.1, 0.15) is 0 Å². The highest BCUT2D eigenvalue weighted by Gasteiger charge is 2.33. The molecule has 7 heteroatoms. The SMILES string of the molecule is CC1=C(C(=O)Nc2ccccc2)[C@H](c2cc3c(cc2C)OCO3)NC(=O)N1. The average Bonchev–Trinajstić information content (AvgIpc) is 3.08. The summed E-state index contributed by atoms with van der Waals surface area (Å²) in [6.07, 6.45) is 0. The lowest BCUT2D eigenvalue weighted by Crippen LogP contribution is -2.46. The highest BCUT2D eigenvalue weighted by molar-refractivity contribution is 6.06. The maximum Gasteiger partial charge on any atom is 0.319 e. The topological polar surface area (TPSA) is 88.7 Å². The number of hydrogen-bond acceptors (Lipinski definition) is 4. The van der Waals surface area contributed by atoms with E-state index in [0.29, 0.717) is 28.5 Å². The number of aryl methyl sites for hydroxylation is 1. The van der Waals surface area contributed by atoms with Crippen molar-refractivity contribution in [2.24, 2.45) is 0 Å². The molecule has 138 valence electrons. The third kappa shape index (κ3) is 3.19. The summed E-state index contributed by atoms with van der Waals surface area (Å²) < 4.78 is 10.9. The Morgan fingerprint density at radius 2 is 1.81 bits per heavy atom. The molecule has 4 rings (SSSR count). The minimum absolute atomic E-state index is 0.160. The van der Waals surface area contributed by atoms with E-state index in [1.807, 2.05) is 49.4 Å². The zero-order valence-electron chi connectivity index (χ0n) is 15.0. The molecule has 0 saturated carbocycles. The number of urea groups is 1. The van der Waals surface area contributed by atoms with Crippen LogP contribution in [0.5, 0.6) is 11.5 Å². The fraction of sp³-hybridized carbons (Fsp3) is 0.200. The van der Waals surface area contributed by atoms with E-state index >= 15 is 0 Å². The van der Waals surface area contributed by atoms with Crippen LogP contribution >= 0.6 is 0 Å². The smallest absolute Gasteiger partial charge is 0.319 e. The Bertz CT molecular complexity index is 953. The second-order valence-electron chi connectivity index (χ2n) is 6.45. The standard InChI is InChI=1S/C20H19N3O4/c1-11-8-15-16(27-10-26-15)9-14(11)18-17(12(2)21-20(25)23-18)19(24)22-13-6-4-3-5-7-13/h3-9,18H,10H2,1-2H3,(H,22,24)(H2,21,23,25)/t18-/m0/s1. The highest BCUT2D eigenvalue weighted by atomic mass is 16.7. The van der Waals surface area contributed by atoms with E-state index < -0.39 is 6.04 Å². The van der Waals surface area contributed by atoms with Crippen molar-refractivity contribution in [3.63, 3.8) is 0 Å². The van der Waals surface area contributed by atoms with E-state index in [1.54, 1.807) is 6.92 Å². The molecule has 27 heavy (non-hydrogen) atoms. The zero-order chi connectivity index (χ0) is 19.0. The summed E-state index contributed by atoms with van der Waals surface area (Å²) in [5, 5.41) is 8.41. The normalized spacial score (nSPS) is 18.0. The maximum atomic E-state index is 13.0. The predicted molar refractivity (Wildman–Crippen MR) is 99.5 cm³/mol. The number of carbonyl (C=O) groups excluding carboxylic acids is 2. The second kappa shape index (κ2) is 6.68. The molecule has 0 aromatic heterocycles.